The van der Waals surface area contributed by atoms with E-state index in [2.05, 4.69) is 22.4 Å². The maximum absolute atomic E-state index is 5.26. The number of hydrogen-bond acceptors (Lipinski definition) is 5. The van der Waals surface area contributed by atoms with Crippen LogP contribution in [-0.4, -0.2) is 44.9 Å². The fraction of sp³-hybridized carbons (Fsp3) is 0.600. The summed E-state index contributed by atoms with van der Waals surface area (Å²) in [7, 11) is 3.34. The van der Waals surface area contributed by atoms with E-state index in [0.29, 0.717) is 6.04 Å². The van der Waals surface area contributed by atoms with E-state index in [9.17, 15) is 0 Å². The van der Waals surface area contributed by atoms with Crippen LogP contribution in [0.25, 0.3) is 0 Å². The molecule has 2 rings (SSSR count). The molecule has 1 heterocycles. The molecule has 0 aromatic heterocycles. The molecule has 2 N–H and O–H groups in total. The van der Waals surface area contributed by atoms with Gasteiger partial charge in [0.1, 0.15) is 11.5 Å². The van der Waals surface area contributed by atoms with E-state index < -0.39 is 0 Å². The van der Waals surface area contributed by atoms with Gasteiger partial charge in [0.2, 0.25) is 0 Å². The van der Waals surface area contributed by atoms with E-state index in [1.54, 1.807) is 14.2 Å². The van der Waals surface area contributed by atoms with Crippen molar-refractivity contribution in [2.45, 2.75) is 18.9 Å². The van der Waals surface area contributed by atoms with E-state index in [-0.39, 0.29) is 0 Å². The molecule has 0 amide bonds. The average Bonchev–Trinajstić information content (AvgIpc) is 2.52. The molecule has 0 radical (unpaired) electrons. The lowest BCUT2D eigenvalue weighted by molar-refractivity contribution is 0.394. The second-order valence-electron chi connectivity index (χ2n) is 4.87. The number of ether oxygens (including phenoxy) is 2. The molecule has 1 aliphatic rings. The van der Waals surface area contributed by atoms with E-state index in [1.807, 2.05) is 18.2 Å². The van der Waals surface area contributed by atoms with Gasteiger partial charge in [0.25, 0.3) is 0 Å². The van der Waals surface area contributed by atoms with Gasteiger partial charge in [-0.3, -0.25) is 0 Å². The van der Waals surface area contributed by atoms with Gasteiger partial charge in [-0.2, -0.15) is 11.8 Å². The van der Waals surface area contributed by atoms with Crippen molar-refractivity contribution in [1.29, 1.82) is 0 Å². The predicted octanol–water partition coefficient (Wildman–Crippen LogP) is 2.60. The van der Waals surface area contributed by atoms with Gasteiger partial charge in [-0.15, -0.1) is 0 Å². The smallest absolute Gasteiger partial charge is 0.124 e. The fourth-order valence-electron chi connectivity index (χ4n) is 2.29. The van der Waals surface area contributed by atoms with Crippen LogP contribution in [0.3, 0.4) is 0 Å². The third-order valence-electron chi connectivity index (χ3n) is 3.46. The SMILES string of the molecule is COc1cc(NCCNC2CCSCC2)cc(OC)c1. The third-order valence-corrected chi connectivity index (χ3v) is 4.51. The summed E-state index contributed by atoms with van der Waals surface area (Å²) in [6, 6.07) is 6.54. The molecule has 0 saturated carbocycles. The first-order chi connectivity index (χ1) is 9.81. The Balaban J connectivity index is 1.75. The van der Waals surface area contributed by atoms with Gasteiger partial charge in [0, 0.05) is 43.0 Å². The lowest BCUT2D eigenvalue weighted by Crippen LogP contribution is -2.35. The van der Waals surface area contributed by atoms with Crippen LogP contribution in [0.5, 0.6) is 11.5 Å². The van der Waals surface area contributed by atoms with Gasteiger partial charge in [-0.05, 0) is 24.3 Å². The zero-order valence-corrected chi connectivity index (χ0v) is 13.1. The van der Waals surface area contributed by atoms with E-state index >= 15 is 0 Å². The number of hydrogen-bond donors (Lipinski definition) is 2. The van der Waals surface area contributed by atoms with Gasteiger partial charge in [-0.25, -0.2) is 0 Å². The van der Waals surface area contributed by atoms with Gasteiger partial charge in [0.05, 0.1) is 14.2 Å². The second kappa shape index (κ2) is 8.27. The van der Waals surface area contributed by atoms with Crippen molar-refractivity contribution in [2.75, 3.05) is 44.1 Å². The molecule has 0 atom stereocenters. The first-order valence-corrected chi connectivity index (χ1v) is 8.25. The Morgan fingerprint density at radius 1 is 1.05 bits per heavy atom. The highest BCUT2D eigenvalue weighted by atomic mass is 32.2. The van der Waals surface area contributed by atoms with Gasteiger partial charge in [-0.1, -0.05) is 0 Å². The van der Waals surface area contributed by atoms with Crippen LogP contribution in [0.1, 0.15) is 12.8 Å². The summed E-state index contributed by atoms with van der Waals surface area (Å²) in [4.78, 5) is 0. The minimum Gasteiger partial charge on any atom is -0.497 e. The summed E-state index contributed by atoms with van der Waals surface area (Å²) in [6.45, 7) is 1.88. The Morgan fingerprint density at radius 3 is 2.30 bits per heavy atom. The standard InChI is InChI=1S/C15H24N2O2S/c1-18-14-9-13(10-15(11-14)19-2)17-6-5-16-12-3-7-20-8-4-12/h9-12,16-17H,3-8H2,1-2H3. The summed E-state index contributed by atoms with van der Waals surface area (Å²) >= 11 is 2.06. The molecule has 0 spiro atoms. The molecule has 5 heteroatoms. The molecule has 0 unspecified atom stereocenters. The van der Waals surface area contributed by atoms with Crippen LogP contribution < -0.4 is 20.1 Å². The summed E-state index contributed by atoms with van der Waals surface area (Å²) in [5.41, 5.74) is 1.03. The number of thioether (sulfide) groups is 1. The molecule has 20 heavy (non-hydrogen) atoms. The zero-order valence-electron chi connectivity index (χ0n) is 12.3. The van der Waals surface area contributed by atoms with E-state index in [0.717, 1.165) is 30.3 Å². The first-order valence-electron chi connectivity index (χ1n) is 7.10. The van der Waals surface area contributed by atoms with Crippen molar-refractivity contribution in [3.8, 4) is 11.5 Å². The summed E-state index contributed by atoms with van der Waals surface area (Å²) in [6.07, 6.45) is 2.58. The monoisotopic (exact) mass is 296 g/mol. The zero-order chi connectivity index (χ0) is 14.2. The quantitative estimate of drug-likeness (QED) is 0.757. The van der Waals surface area contributed by atoms with Crippen LogP contribution in [0.15, 0.2) is 18.2 Å². The minimum absolute atomic E-state index is 0.692. The van der Waals surface area contributed by atoms with Crippen molar-refractivity contribution in [1.82, 2.24) is 5.32 Å². The normalized spacial score (nSPS) is 15.9. The Labute approximate surface area is 125 Å². The highest BCUT2D eigenvalue weighted by molar-refractivity contribution is 7.99. The van der Waals surface area contributed by atoms with Crippen molar-refractivity contribution in [3.63, 3.8) is 0 Å². The Hall–Kier alpha value is -1.07. The maximum Gasteiger partial charge on any atom is 0.124 e. The maximum atomic E-state index is 5.26. The third kappa shape index (κ3) is 4.80. The van der Waals surface area contributed by atoms with Crippen LogP contribution in [-0.2, 0) is 0 Å². The fourth-order valence-corrected chi connectivity index (χ4v) is 3.40. The van der Waals surface area contributed by atoms with E-state index in [4.69, 9.17) is 9.47 Å². The van der Waals surface area contributed by atoms with Gasteiger partial charge >= 0.3 is 0 Å². The highest BCUT2D eigenvalue weighted by Gasteiger charge is 2.12. The lowest BCUT2D eigenvalue weighted by Gasteiger charge is -2.22. The number of nitrogens with one attached hydrogen (secondary N) is 2. The van der Waals surface area contributed by atoms with Crippen molar-refractivity contribution in [3.05, 3.63) is 18.2 Å². The van der Waals surface area contributed by atoms with Crippen LogP contribution in [0, 0.1) is 0 Å². The minimum atomic E-state index is 0.692. The lowest BCUT2D eigenvalue weighted by atomic mass is 10.1. The van der Waals surface area contributed by atoms with Crippen molar-refractivity contribution < 1.29 is 9.47 Å². The number of anilines is 1. The van der Waals surface area contributed by atoms with Crippen LogP contribution in [0.2, 0.25) is 0 Å². The Kier molecular flexibility index (Phi) is 6.33. The highest BCUT2D eigenvalue weighted by Crippen LogP contribution is 2.25. The summed E-state index contributed by atoms with van der Waals surface area (Å²) < 4.78 is 10.5. The molecule has 1 aliphatic heterocycles. The van der Waals surface area contributed by atoms with Crippen molar-refractivity contribution >= 4 is 17.4 Å². The number of methoxy groups -OCH3 is 2. The Morgan fingerprint density at radius 2 is 1.70 bits per heavy atom. The largest absolute Gasteiger partial charge is 0.497 e. The number of benzene rings is 1. The molecular formula is C15H24N2O2S. The molecule has 0 bridgehead atoms. The molecule has 112 valence electrons. The molecule has 0 aliphatic carbocycles. The van der Waals surface area contributed by atoms with Crippen LogP contribution in [0.4, 0.5) is 5.69 Å². The molecule has 1 saturated heterocycles. The second-order valence-corrected chi connectivity index (χ2v) is 6.09. The first kappa shape index (κ1) is 15.3. The predicted molar refractivity (Wildman–Crippen MR) is 86.4 cm³/mol. The average molecular weight is 296 g/mol. The molecular weight excluding hydrogens is 272 g/mol. The molecule has 1 aromatic carbocycles. The number of rotatable bonds is 7. The summed E-state index contributed by atoms with van der Waals surface area (Å²) in [5.74, 6) is 4.20. The topological polar surface area (TPSA) is 42.5 Å². The van der Waals surface area contributed by atoms with E-state index in [1.165, 1.54) is 24.3 Å². The van der Waals surface area contributed by atoms with Crippen LogP contribution >= 0.6 is 11.8 Å². The summed E-state index contributed by atoms with van der Waals surface area (Å²) in [5, 5.41) is 7.02. The van der Waals surface area contributed by atoms with Gasteiger partial charge < -0.3 is 20.1 Å². The van der Waals surface area contributed by atoms with Crippen molar-refractivity contribution in [2.24, 2.45) is 0 Å². The molecule has 4 nitrogen and oxygen atoms in total. The van der Waals surface area contributed by atoms with Gasteiger partial charge in [0.15, 0.2) is 0 Å². The molecule has 1 aromatic rings. The Bertz CT molecular complexity index is 387. The molecule has 1 fully saturated rings.